The van der Waals surface area contributed by atoms with Crippen LogP contribution in [0.15, 0.2) is 0 Å². The molecule has 3 aliphatic rings. The van der Waals surface area contributed by atoms with E-state index in [0.29, 0.717) is 12.8 Å². The summed E-state index contributed by atoms with van der Waals surface area (Å²) in [5, 5.41) is 0. The van der Waals surface area contributed by atoms with Gasteiger partial charge in [0.2, 0.25) is 0 Å². The maximum absolute atomic E-state index is 13.6. The number of hydrogen-bond acceptors (Lipinski definition) is 0. The van der Waals surface area contributed by atoms with Crippen molar-refractivity contribution < 1.29 is 29.9 Å². The highest BCUT2D eigenvalue weighted by Crippen LogP contribution is 2.42. The van der Waals surface area contributed by atoms with Crippen LogP contribution in [0.5, 0.6) is 0 Å². The fraction of sp³-hybridized carbons (Fsp3) is 1.00. The van der Waals surface area contributed by atoms with Crippen LogP contribution in [0.3, 0.4) is 0 Å². The van der Waals surface area contributed by atoms with Crippen molar-refractivity contribution in [3.05, 3.63) is 0 Å². The summed E-state index contributed by atoms with van der Waals surface area (Å²) >= 11 is 0. The number of alkyl halides is 4. The van der Waals surface area contributed by atoms with Gasteiger partial charge in [0.1, 0.15) is 18.5 Å². The molecule has 3 aliphatic carbocycles. The molecule has 0 bridgehead atoms. The van der Waals surface area contributed by atoms with E-state index in [2.05, 4.69) is 13.8 Å². The fourth-order valence-corrected chi connectivity index (χ4v) is 4.58. The number of rotatable bonds is 1. The van der Waals surface area contributed by atoms with Crippen LogP contribution < -0.4 is 0 Å². The summed E-state index contributed by atoms with van der Waals surface area (Å²) in [6.07, 6.45) is 2.40. The van der Waals surface area contributed by atoms with E-state index in [1.54, 1.807) is 0 Å². The van der Waals surface area contributed by atoms with Gasteiger partial charge in [-0.25, -0.2) is 17.6 Å². The van der Waals surface area contributed by atoms with E-state index < -0.39 is 24.7 Å². The second kappa shape index (κ2) is 12.2. The Hall–Kier alpha value is -0.360. The topological polar surface area (TPSA) is 63.0 Å². The van der Waals surface area contributed by atoms with Crippen molar-refractivity contribution in [1.29, 1.82) is 0 Å². The molecule has 0 aromatic carbocycles. The first-order valence-electron chi connectivity index (χ1n) is 9.94. The Morgan fingerprint density at radius 3 is 1.46 bits per heavy atom. The molecule has 4 N–H and O–H groups in total. The minimum atomic E-state index is -2.00. The van der Waals surface area contributed by atoms with E-state index in [0.717, 1.165) is 24.7 Å². The van der Waals surface area contributed by atoms with Crippen molar-refractivity contribution in [1.82, 2.24) is 0 Å². The average molecular weight is 389 g/mol. The number of halogens is 4. The van der Waals surface area contributed by atoms with Gasteiger partial charge in [0.25, 0.3) is 0 Å². The maximum atomic E-state index is 13.6. The molecule has 0 aliphatic heterocycles. The first-order chi connectivity index (χ1) is 11.4. The molecule has 6 heteroatoms. The molecule has 0 amide bonds. The molecule has 0 heterocycles. The van der Waals surface area contributed by atoms with Crippen molar-refractivity contribution in [2.24, 2.45) is 23.7 Å². The van der Waals surface area contributed by atoms with E-state index >= 15 is 0 Å². The van der Waals surface area contributed by atoms with Crippen LogP contribution in [0.4, 0.5) is 17.6 Å². The zero-order valence-electron chi connectivity index (χ0n) is 16.2. The summed E-state index contributed by atoms with van der Waals surface area (Å²) in [4.78, 5) is 0. The Morgan fingerprint density at radius 2 is 1.04 bits per heavy atom. The first kappa shape index (κ1) is 25.6. The predicted molar refractivity (Wildman–Crippen MR) is 100 cm³/mol. The van der Waals surface area contributed by atoms with E-state index in [1.165, 1.54) is 25.7 Å². The maximum Gasteiger partial charge on any atom is 0.162 e. The Morgan fingerprint density at radius 1 is 0.615 bits per heavy atom. The lowest BCUT2D eigenvalue weighted by Crippen LogP contribution is -2.42. The lowest BCUT2D eigenvalue weighted by atomic mass is 9.71. The Balaban J connectivity index is 0. The lowest BCUT2D eigenvalue weighted by Gasteiger charge is -2.38. The molecule has 0 saturated heterocycles. The minimum Gasteiger partial charge on any atom is -0.412 e. The SMILES string of the molecule is CC1CCC(C)CC1.FC1CC(C2CCCCC2F)CC(F)C1F.O.O.[HH]. The van der Waals surface area contributed by atoms with Crippen molar-refractivity contribution in [3.8, 4) is 0 Å². The molecule has 3 saturated carbocycles. The van der Waals surface area contributed by atoms with Gasteiger partial charge in [-0.05, 0) is 49.4 Å². The molecule has 0 aromatic rings. The molecule has 4 unspecified atom stereocenters. The second-order valence-electron chi connectivity index (χ2n) is 8.54. The van der Waals surface area contributed by atoms with Gasteiger partial charge in [-0.1, -0.05) is 52.4 Å². The number of hydrogen-bond donors (Lipinski definition) is 0. The lowest BCUT2D eigenvalue weighted by molar-refractivity contribution is -0.0178. The summed E-state index contributed by atoms with van der Waals surface area (Å²) in [7, 11) is 0. The molecule has 0 radical (unpaired) electrons. The van der Waals surface area contributed by atoms with Crippen LogP contribution in [0, 0.1) is 23.7 Å². The van der Waals surface area contributed by atoms with Gasteiger partial charge in [0.05, 0.1) is 0 Å². The van der Waals surface area contributed by atoms with Crippen LogP contribution in [-0.2, 0) is 0 Å². The van der Waals surface area contributed by atoms with Gasteiger partial charge in [0, 0.05) is 1.43 Å². The quantitative estimate of drug-likeness (QED) is 0.542. The van der Waals surface area contributed by atoms with E-state index in [4.69, 9.17) is 0 Å². The van der Waals surface area contributed by atoms with E-state index in [9.17, 15) is 17.6 Å². The summed E-state index contributed by atoms with van der Waals surface area (Å²) in [5.74, 6) is 1.47. The normalized spacial score (nSPS) is 43.2. The van der Waals surface area contributed by atoms with E-state index in [1.807, 2.05) is 0 Å². The molecular weight excluding hydrogens is 348 g/mol. The van der Waals surface area contributed by atoms with Gasteiger partial charge >= 0.3 is 0 Å². The third-order valence-electron chi connectivity index (χ3n) is 6.39. The van der Waals surface area contributed by atoms with Crippen LogP contribution in [0.1, 0.15) is 79.5 Å². The van der Waals surface area contributed by atoms with Gasteiger partial charge in [-0.3, -0.25) is 0 Å². The Kier molecular flexibility index (Phi) is 12.0. The highest BCUT2D eigenvalue weighted by molar-refractivity contribution is 4.92. The van der Waals surface area contributed by atoms with Crippen molar-refractivity contribution in [2.45, 2.75) is 103 Å². The van der Waals surface area contributed by atoms with Crippen molar-refractivity contribution in [2.75, 3.05) is 0 Å². The molecule has 26 heavy (non-hydrogen) atoms. The van der Waals surface area contributed by atoms with Crippen molar-refractivity contribution in [3.63, 3.8) is 0 Å². The zero-order valence-corrected chi connectivity index (χ0v) is 16.2. The Labute approximate surface area is 157 Å². The summed E-state index contributed by atoms with van der Waals surface area (Å²) < 4.78 is 53.1. The predicted octanol–water partition coefficient (Wildman–Crippen LogP) is 5.37. The summed E-state index contributed by atoms with van der Waals surface area (Å²) in [6.45, 7) is 4.73. The summed E-state index contributed by atoms with van der Waals surface area (Å²) in [5.41, 5.74) is 0. The van der Waals surface area contributed by atoms with E-state index in [-0.39, 0.29) is 37.1 Å². The molecule has 2 nitrogen and oxygen atoms in total. The molecular formula is C20H40F4O2. The average Bonchev–Trinajstić information content (AvgIpc) is 2.56. The highest BCUT2D eigenvalue weighted by atomic mass is 19.2. The van der Waals surface area contributed by atoms with Gasteiger partial charge < -0.3 is 11.0 Å². The second-order valence-corrected chi connectivity index (χ2v) is 8.54. The first-order valence-corrected chi connectivity index (χ1v) is 9.94. The summed E-state index contributed by atoms with van der Waals surface area (Å²) in [6, 6.07) is 0. The highest BCUT2D eigenvalue weighted by Gasteiger charge is 2.43. The minimum absolute atomic E-state index is 0. The molecule has 3 rings (SSSR count). The van der Waals surface area contributed by atoms with Crippen LogP contribution >= 0.6 is 0 Å². The van der Waals surface area contributed by atoms with Gasteiger partial charge in [-0.15, -0.1) is 0 Å². The third kappa shape index (κ3) is 7.34. The monoisotopic (exact) mass is 388 g/mol. The van der Waals surface area contributed by atoms with Gasteiger partial charge in [-0.2, -0.15) is 0 Å². The third-order valence-corrected chi connectivity index (χ3v) is 6.39. The molecule has 0 spiro atoms. The van der Waals surface area contributed by atoms with Crippen molar-refractivity contribution >= 4 is 0 Å². The Bertz CT molecular complexity index is 348. The van der Waals surface area contributed by atoms with Gasteiger partial charge in [0.15, 0.2) is 6.17 Å². The fourth-order valence-electron chi connectivity index (χ4n) is 4.58. The zero-order chi connectivity index (χ0) is 17.7. The standard InChI is InChI=1S/C12H18F4.C8H16.2H2O.H2/c13-9-4-2-1-3-8(9)7-5-10(14)12(16)11(15)6-7;1-7-3-5-8(2)6-4-7;;;/h7-12H,1-6H2;7-8H,3-6H2,1-2H3;2*1H2;1H. The molecule has 3 fully saturated rings. The largest absolute Gasteiger partial charge is 0.412 e. The molecule has 4 atom stereocenters. The molecule has 160 valence electrons. The van der Waals surface area contributed by atoms with Crippen LogP contribution in [0.25, 0.3) is 0 Å². The smallest absolute Gasteiger partial charge is 0.162 e. The van der Waals surface area contributed by atoms with Crippen LogP contribution in [0.2, 0.25) is 0 Å². The molecule has 0 aromatic heterocycles. The van der Waals surface area contributed by atoms with Crippen LogP contribution in [-0.4, -0.2) is 35.6 Å².